The summed E-state index contributed by atoms with van der Waals surface area (Å²) in [5.74, 6) is -2.52. The van der Waals surface area contributed by atoms with Crippen molar-refractivity contribution in [1.29, 1.82) is 0 Å². The summed E-state index contributed by atoms with van der Waals surface area (Å²) in [6.07, 6.45) is 3.14. The van der Waals surface area contributed by atoms with E-state index in [4.69, 9.17) is 9.97 Å². The summed E-state index contributed by atoms with van der Waals surface area (Å²) >= 11 is 0. The molecule has 13 heteroatoms. The topological polar surface area (TPSA) is 140 Å². The first-order valence-electron chi connectivity index (χ1n) is 18.5. The van der Waals surface area contributed by atoms with Gasteiger partial charge < -0.3 is 25.9 Å². The molecular formula is C41H53F3N8O2. The molecule has 54 heavy (non-hydrogen) atoms. The highest BCUT2D eigenvalue weighted by molar-refractivity contribution is 5.87. The second-order valence-corrected chi connectivity index (χ2v) is 18.0. The minimum Gasteiger partial charge on any atom is -0.346 e. The molecular weight excluding hydrogens is 693 g/mol. The van der Waals surface area contributed by atoms with Gasteiger partial charge in [-0.2, -0.15) is 0 Å². The van der Waals surface area contributed by atoms with Crippen molar-refractivity contribution in [2.45, 2.75) is 110 Å². The molecule has 2 fully saturated rings. The number of rotatable bonds is 9. The number of amides is 2. The molecule has 6 N–H and O–H groups in total. The van der Waals surface area contributed by atoms with Crippen molar-refractivity contribution in [2.24, 2.45) is 10.8 Å². The minimum absolute atomic E-state index is 0.0940. The lowest BCUT2D eigenvalue weighted by Gasteiger charge is -2.33. The molecule has 4 heterocycles. The lowest BCUT2D eigenvalue weighted by molar-refractivity contribution is -0.129. The standard InChI is InChI=1S/C41H53F3N8O2/c1-36(2,3)30(51-34(53)39(8)20-38(7,42)22-47-39)32-45-18-28(49-32)26-14-10-24(11-15-26)25-12-16-27(17-13-25)29-19-46-33(50-29)31(37(4,5)6)52-35(54)40(9)21-41(43,44)23-48-40/h10-19,30-31,47-48H,20-23H2,1-9H3,(H,45,49)(H,46,50)(H,51,53)(H,52,54)/t30-,31-,38?,39?,40?/m1/s1. The highest BCUT2D eigenvalue weighted by atomic mass is 19.3. The Hall–Kier alpha value is -4.49. The van der Waals surface area contributed by atoms with Crippen LogP contribution in [-0.2, 0) is 9.59 Å². The average molecular weight is 747 g/mol. The number of nitrogens with one attached hydrogen (secondary N) is 6. The maximum Gasteiger partial charge on any atom is 0.262 e. The normalized spacial score (nSPS) is 25.3. The largest absolute Gasteiger partial charge is 0.346 e. The first kappa shape index (κ1) is 39.2. The van der Waals surface area contributed by atoms with Crippen LogP contribution in [0.15, 0.2) is 60.9 Å². The van der Waals surface area contributed by atoms with Crippen molar-refractivity contribution >= 4 is 11.8 Å². The third kappa shape index (κ3) is 8.27. The van der Waals surface area contributed by atoms with E-state index in [9.17, 15) is 22.8 Å². The summed E-state index contributed by atoms with van der Waals surface area (Å²) < 4.78 is 42.6. The highest BCUT2D eigenvalue weighted by Crippen LogP contribution is 2.38. The highest BCUT2D eigenvalue weighted by Gasteiger charge is 2.52. The Balaban J connectivity index is 1.13. The van der Waals surface area contributed by atoms with Crippen LogP contribution in [0.3, 0.4) is 0 Å². The van der Waals surface area contributed by atoms with E-state index in [1.165, 1.54) is 13.8 Å². The number of halogens is 3. The number of aromatic amines is 2. The number of alkyl halides is 3. The van der Waals surface area contributed by atoms with Gasteiger partial charge in [0.05, 0.1) is 35.6 Å². The van der Waals surface area contributed by atoms with E-state index in [0.29, 0.717) is 17.3 Å². The molecule has 290 valence electrons. The van der Waals surface area contributed by atoms with Crippen LogP contribution in [0.1, 0.15) is 98.9 Å². The van der Waals surface area contributed by atoms with Crippen LogP contribution in [0.4, 0.5) is 13.2 Å². The van der Waals surface area contributed by atoms with Crippen molar-refractivity contribution in [2.75, 3.05) is 13.1 Å². The molecule has 0 radical (unpaired) electrons. The first-order valence-corrected chi connectivity index (χ1v) is 18.5. The van der Waals surface area contributed by atoms with Gasteiger partial charge in [-0.25, -0.2) is 23.1 Å². The van der Waals surface area contributed by atoms with Crippen LogP contribution >= 0.6 is 0 Å². The van der Waals surface area contributed by atoms with Crippen LogP contribution in [0.5, 0.6) is 0 Å². The SMILES string of the molecule is CC1(F)CNC(C)(C(=O)N[C@H](c2nc(-c3ccc(-c4ccc(-c5c[nH]c([C@@H](NC(=O)C6(C)CC(F)(F)CN6)C(C)(C)C)n5)cc4)cc3)c[nH]2)C(C)(C)C)C1. The average Bonchev–Trinajstić information content (AvgIpc) is 3.88. The van der Waals surface area contributed by atoms with Gasteiger partial charge in [0.1, 0.15) is 22.9 Å². The van der Waals surface area contributed by atoms with Gasteiger partial charge in [0, 0.05) is 42.9 Å². The van der Waals surface area contributed by atoms with E-state index >= 15 is 0 Å². The third-order valence-corrected chi connectivity index (χ3v) is 10.6. The lowest BCUT2D eigenvalue weighted by atomic mass is 9.85. The first-order chi connectivity index (χ1) is 25.0. The molecule has 0 aliphatic carbocycles. The van der Waals surface area contributed by atoms with Gasteiger partial charge in [0.15, 0.2) is 0 Å². The van der Waals surface area contributed by atoms with Gasteiger partial charge in [-0.1, -0.05) is 90.1 Å². The maximum atomic E-state index is 14.6. The van der Waals surface area contributed by atoms with E-state index in [1.807, 2.05) is 96.3 Å². The molecule has 0 spiro atoms. The number of nitrogens with zero attached hydrogens (tertiary/aromatic N) is 2. The Labute approximate surface area is 315 Å². The fourth-order valence-corrected chi connectivity index (χ4v) is 7.43. The maximum absolute atomic E-state index is 14.6. The molecule has 4 aromatic rings. The molecule has 10 nitrogen and oxygen atoms in total. The van der Waals surface area contributed by atoms with Crippen molar-refractivity contribution < 1.29 is 22.8 Å². The summed E-state index contributed by atoms with van der Waals surface area (Å²) in [7, 11) is 0. The van der Waals surface area contributed by atoms with Gasteiger partial charge in [-0.3, -0.25) is 14.9 Å². The van der Waals surface area contributed by atoms with Crippen molar-refractivity contribution in [3.8, 4) is 33.6 Å². The number of hydrogen-bond donors (Lipinski definition) is 6. The van der Waals surface area contributed by atoms with Crippen molar-refractivity contribution in [1.82, 2.24) is 41.2 Å². The van der Waals surface area contributed by atoms with Gasteiger partial charge in [-0.05, 0) is 42.7 Å². The third-order valence-electron chi connectivity index (χ3n) is 10.6. The summed E-state index contributed by atoms with van der Waals surface area (Å²) in [5, 5.41) is 11.9. The lowest BCUT2D eigenvalue weighted by Crippen LogP contribution is -2.53. The predicted octanol–water partition coefficient (Wildman–Crippen LogP) is 7.41. The van der Waals surface area contributed by atoms with Crippen LogP contribution < -0.4 is 21.3 Å². The van der Waals surface area contributed by atoms with Crippen LogP contribution in [0.2, 0.25) is 0 Å². The molecule has 2 aliphatic heterocycles. The van der Waals surface area contributed by atoms with Crippen LogP contribution in [0, 0.1) is 10.8 Å². The quantitative estimate of drug-likeness (QED) is 0.106. The number of aromatic nitrogens is 4. The van der Waals surface area contributed by atoms with Crippen molar-refractivity contribution in [3.63, 3.8) is 0 Å². The Morgan fingerprint density at radius 1 is 0.630 bits per heavy atom. The van der Waals surface area contributed by atoms with Gasteiger partial charge in [0.2, 0.25) is 11.8 Å². The number of carbonyl (C=O) groups is 2. The second kappa shape index (κ2) is 13.7. The number of imidazole rings is 2. The molecule has 3 unspecified atom stereocenters. The van der Waals surface area contributed by atoms with Crippen LogP contribution in [-0.4, -0.2) is 67.5 Å². The molecule has 2 aromatic heterocycles. The molecule has 0 bridgehead atoms. The molecule has 2 aromatic carbocycles. The number of carbonyl (C=O) groups excluding carboxylic acids is 2. The summed E-state index contributed by atoms with van der Waals surface area (Å²) in [5.41, 5.74) is 0.578. The van der Waals surface area contributed by atoms with E-state index < -0.39 is 59.0 Å². The molecule has 2 aliphatic rings. The molecule has 2 amide bonds. The molecule has 0 saturated carbocycles. The summed E-state index contributed by atoms with van der Waals surface area (Å²) in [6, 6.07) is 15.1. The fraction of sp³-hybridized carbons (Fsp3) is 0.512. The van der Waals surface area contributed by atoms with Crippen molar-refractivity contribution in [3.05, 3.63) is 72.6 Å². The van der Waals surface area contributed by atoms with E-state index in [0.717, 1.165) is 27.9 Å². The van der Waals surface area contributed by atoms with E-state index in [-0.39, 0.29) is 24.3 Å². The summed E-state index contributed by atoms with van der Waals surface area (Å²) in [6.45, 7) is 16.3. The number of hydrogen-bond acceptors (Lipinski definition) is 6. The summed E-state index contributed by atoms with van der Waals surface area (Å²) in [4.78, 5) is 42.8. The molecule has 2 saturated heterocycles. The monoisotopic (exact) mass is 746 g/mol. The Kier molecular flexibility index (Phi) is 9.92. The Morgan fingerprint density at radius 3 is 1.33 bits per heavy atom. The predicted molar refractivity (Wildman–Crippen MR) is 204 cm³/mol. The Morgan fingerprint density at radius 2 is 1.00 bits per heavy atom. The second-order valence-electron chi connectivity index (χ2n) is 18.0. The zero-order chi connectivity index (χ0) is 39.5. The van der Waals surface area contributed by atoms with Gasteiger partial charge in [0.25, 0.3) is 5.92 Å². The van der Waals surface area contributed by atoms with E-state index in [2.05, 4.69) is 31.2 Å². The van der Waals surface area contributed by atoms with Crippen LogP contribution in [0.25, 0.3) is 33.6 Å². The minimum atomic E-state index is -2.94. The zero-order valence-electron chi connectivity index (χ0n) is 32.6. The fourth-order valence-electron chi connectivity index (χ4n) is 7.43. The van der Waals surface area contributed by atoms with Gasteiger partial charge >= 0.3 is 0 Å². The smallest absolute Gasteiger partial charge is 0.262 e. The number of benzene rings is 2. The zero-order valence-corrected chi connectivity index (χ0v) is 32.6. The molecule has 6 rings (SSSR count). The number of H-pyrrole nitrogens is 2. The molecule has 5 atom stereocenters. The Bertz CT molecular complexity index is 1850. The van der Waals surface area contributed by atoms with Gasteiger partial charge in [-0.15, -0.1) is 0 Å². The van der Waals surface area contributed by atoms with E-state index in [1.54, 1.807) is 13.1 Å².